The van der Waals surface area contributed by atoms with E-state index in [1.807, 2.05) is 36.5 Å². The maximum atomic E-state index is 9.71. The van der Waals surface area contributed by atoms with E-state index < -0.39 is 0 Å². The standard InChI is InChI=1S/C20H15NO3/c22-15-5-1-12(2-6-15)17-11-21-18-7-3-13(9-16(17)18)14-4-8-19(23)20(24)10-14/h1-11,21-24H. The smallest absolute Gasteiger partial charge is 0.158 e. The molecule has 4 nitrogen and oxygen atoms in total. The van der Waals surface area contributed by atoms with Crippen LogP contribution in [0.4, 0.5) is 0 Å². The summed E-state index contributed by atoms with van der Waals surface area (Å²) >= 11 is 0. The predicted molar refractivity (Wildman–Crippen MR) is 94.2 cm³/mol. The van der Waals surface area contributed by atoms with Gasteiger partial charge in [0.25, 0.3) is 0 Å². The van der Waals surface area contributed by atoms with E-state index in [4.69, 9.17) is 0 Å². The first-order chi connectivity index (χ1) is 11.6. The number of rotatable bonds is 2. The molecule has 4 heteroatoms. The fourth-order valence-electron chi connectivity index (χ4n) is 2.88. The van der Waals surface area contributed by atoms with Gasteiger partial charge >= 0.3 is 0 Å². The van der Waals surface area contributed by atoms with Crippen molar-refractivity contribution in [2.45, 2.75) is 0 Å². The van der Waals surface area contributed by atoms with E-state index >= 15 is 0 Å². The van der Waals surface area contributed by atoms with Gasteiger partial charge in [0.2, 0.25) is 0 Å². The van der Waals surface area contributed by atoms with Gasteiger partial charge in [-0.25, -0.2) is 0 Å². The Hall–Kier alpha value is -3.40. The Morgan fingerprint density at radius 3 is 2.04 bits per heavy atom. The fourth-order valence-corrected chi connectivity index (χ4v) is 2.88. The second kappa shape index (κ2) is 5.35. The number of aromatic nitrogens is 1. The summed E-state index contributed by atoms with van der Waals surface area (Å²) in [6.45, 7) is 0. The van der Waals surface area contributed by atoms with Crippen molar-refractivity contribution in [3.05, 3.63) is 66.9 Å². The Bertz CT molecular complexity index is 1030. The summed E-state index contributed by atoms with van der Waals surface area (Å²) in [7, 11) is 0. The highest BCUT2D eigenvalue weighted by atomic mass is 16.3. The number of H-pyrrole nitrogens is 1. The number of aromatic amines is 1. The Morgan fingerprint density at radius 1 is 0.625 bits per heavy atom. The molecule has 0 aliphatic carbocycles. The van der Waals surface area contributed by atoms with Crippen LogP contribution < -0.4 is 0 Å². The van der Waals surface area contributed by atoms with Crippen molar-refractivity contribution in [3.63, 3.8) is 0 Å². The van der Waals surface area contributed by atoms with Crippen molar-refractivity contribution >= 4 is 10.9 Å². The highest BCUT2D eigenvalue weighted by Gasteiger charge is 2.09. The van der Waals surface area contributed by atoms with Crippen LogP contribution in [0.5, 0.6) is 17.2 Å². The average Bonchev–Trinajstić information content (AvgIpc) is 3.01. The van der Waals surface area contributed by atoms with E-state index in [9.17, 15) is 15.3 Å². The first-order valence-electron chi connectivity index (χ1n) is 7.55. The normalized spacial score (nSPS) is 11.0. The Kier molecular flexibility index (Phi) is 3.17. The zero-order chi connectivity index (χ0) is 16.7. The van der Waals surface area contributed by atoms with Gasteiger partial charge in [0.15, 0.2) is 11.5 Å². The number of benzene rings is 3. The molecule has 0 bridgehead atoms. The SMILES string of the molecule is Oc1ccc(-c2c[nH]c3ccc(-c4ccc(O)c(O)c4)cc23)cc1. The van der Waals surface area contributed by atoms with Crippen molar-refractivity contribution in [3.8, 4) is 39.5 Å². The molecule has 0 saturated heterocycles. The maximum Gasteiger partial charge on any atom is 0.158 e. The lowest BCUT2D eigenvalue weighted by molar-refractivity contribution is 0.404. The summed E-state index contributed by atoms with van der Waals surface area (Å²) in [5.41, 5.74) is 4.81. The molecular weight excluding hydrogens is 302 g/mol. The minimum absolute atomic E-state index is 0.133. The van der Waals surface area contributed by atoms with Gasteiger partial charge in [0.05, 0.1) is 0 Å². The molecule has 118 valence electrons. The summed E-state index contributed by atoms with van der Waals surface area (Å²) in [6, 6.07) is 17.9. The van der Waals surface area contributed by atoms with Gasteiger partial charge < -0.3 is 20.3 Å². The van der Waals surface area contributed by atoms with Crippen molar-refractivity contribution in [2.24, 2.45) is 0 Å². The van der Waals surface area contributed by atoms with Crippen LogP contribution in [-0.4, -0.2) is 20.3 Å². The van der Waals surface area contributed by atoms with Crippen LogP contribution >= 0.6 is 0 Å². The number of hydrogen-bond donors (Lipinski definition) is 4. The third kappa shape index (κ3) is 2.34. The summed E-state index contributed by atoms with van der Waals surface area (Å²) in [5.74, 6) is -0.0365. The van der Waals surface area contributed by atoms with Gasteiger partial charge in [0, 0.05) is 22.7 Å². The molecule has 0 amide bonds. The van der Waals surface area contributed by atoms with Gasteiger partial charge in [-0.1, -0.05) is 24.3 Å². The van der Waals surface area contributed by atoms with E-state index in [1.165, 1.54) is 6.07 Å². The molecule has 4 rings (SSSR count). The lowest BCUT2D eigenvalue weighted by atomic mass is 9.99. The molecule has 0 fully saturated rings. The largest absolute Gasteiger partial charge is 0.508 e. The molecule has 0 saturated carbocycles. The fraction of sp³-hybridized carbons (Fsp3) is 0. The molecule has 0 spiro atoms. The van der Waals surface area contributed by atoms with Gasteiger partial charge in [0.1, 0.15) is 5.75 Å². The second-order valence-corrected chi connectivity index (χ2v) is 5.71. The van der Waals surface area contributed by atoms with E-state index in [0.717, 1.165) is 33.2 Å². The third-order valence-electron chi connectivity index (χ3n) is 4.17. The van der Waals surface area contributed by atoms with E-state index in [2.05, 4.69) is 4.98 Å². The summed E-state index contributed by atoms with van der Waals surface area (Å²) in [5, 5.41) is 29.7. The molecule has 3 aromatic carbocycles. The zero-order valence-electron chi connectivity index (χ0n) is 12.7. The van der Waals surface area contributed by atoms with Crippen LogP contribution in [0.15, 0.2) is 66.9 Å². The van der Waals surface area contributed by atoms with Crippen LogP contribution in [0.2, 0.25) is 0 Å². The first-order valence-corrected chi connectivity index (χ1v) is 7.55. The molecule has 24 heavy (non-hydrogen) atoms. The molecule has 0 atom stereocenters. The topological polar surface area (TPSA) is 76.5 Å². The number of phenolic OH excluding ortho intramolecular Hbond substituents is 3. The van der Waals surface area contributed by atoms with Crippen molar-refractivity contribution in [1.29, 1.82) is 0 Å². The molecular formula is C20H15NO3. The minimum atomic E-state index is -0.138. The zero-order valence-corrected chi connectivity index (χ0v) is 12.7. The van der Waals surface area contributed by atoms with E-state index in [0.29, 0.717) is 0 Å². The van der Waals surface area contributed by atoms with Crippen LogP contribution in [0.3, 0.4) is 0 Å². The summed E-state index contributed by atoms with van der Waals surface area (Å²) in [4.78, 5) is 3.25. The molecule has 0 aliphatic rings. The Balaban J connectivity index is 1.86. The molecule has 0 radical (unpaired) electrons. The number of nitrogens with one attached hydrogen (secondary N) is 1. The molecule has 0 aliphatic heterocycles. The van der Waals surface area contributed by atoms with Crippen LogP contribution in [0.25, 0.3) is 33.2 Å². The molecule has 1 aromatic heterocycles. The van der Waals surface area contributed by atoms with Crippen LogP contribution in [-0.2, 0) is 0 Å². The van der Waals surface area contributed by atoms with Gasteiger partial charge in [-0.05, 0) is 53.1 Å². The number of aromatic hydroxyl groups is 3. The van der Waals surface area contributed by atoms with Gasteiger partial charge in [-0.2, -0.15) is 0 Å². The Labute approximate surface area is 138 Å². The molecule has 4 aromatic rings. The first kappa shape index (κ1) is 14.2. The van der Waals surface area contributed by atoms with Gasteiger partial charge in [-0.3, -0.25) is 0 Å². The third-order valence-corrected chi connectivity index (χ3v) is 4.17. The van der Waals surface area contributed by atoms with Crippen molar-refractivity contribution < 1.29 is 15.3 Å². The highest BCUT2D eigenvalue weighted by Crippen LogP contribution is 2.35. The van der Waals surface area contributed by atoms with Crippen molar-refractivity contribution in [1.82, 2.24) is 4.98 Å². The van der Waals surface area contributed by atoms with Crippen LogP contribution in [0.1, 0.15) is 0 Å². The van der Waals surface area contributed by atoms with E-state index in [1.54, 1.807) is 24.3 Å². The molecule has 1 heterocycles. The maximum absolute atomic E-state index is 9.71. The lowest BCUT2D eigenvalue weighted by Gasteiger charge is -2.06. The van der Waals surface area contributed by atoms with Crippen molar-refractivity contribution in [2.75, 3.05) is 0 Å². The number of phenols is 3. The van der Waals surface area contributed by atoms with Crippen LogP contribution in [0, 0.1) is 0 Å². The quantitative estimate of drug-likeness (QED) is 0.407. The summed E-state index contributed by atoms with van der Waals surface area (Å²) < 4.78 is 0. The van der Waals surface area contributed by atoms with Gasteiger partial charge in [-0.15, -0.1) is 0 Å². The number of fused-ring (bicyclic) bond motifs is 1. The lowest BCUT2D eigenvalue weighted by Crippen LogP contribution is -1.80. The Morgan fingerprint density at radius 2 is 1.29 bits per heavy atom. The summed E-state index contributed by atoms with van der Waals surface area (Å²) in [6.07, 6.45) is 1.94. The van der Waals surface area contributed by atoms with E-state index in [-0.39, 0.29) is 17.2 Å². The minimum Gasteiger partial charge on any atom is -0.508 e. The monoisotopic (exact) mass is 317 g/mol. The second-order valence-electron chi connectivity index (χ2n) is 5.71. The highest BCUT2D eigenvalue weighted by molar-refractivity contribution is 5.98. The average molecular weight is 317 g/mol. The molecule has 4 N–H and O–H groups in total. The molecule has 0 unspecified atom stereocenters. The predicted octanol–water partition coefficient (Wildman–Crippen LogP) is 4.62. The number of hydrogen-bond acceptors (Lipinski definition) is 3.